The van der Waals surface area contributed by atoms with E-state index in [9.17, 15) is 14.9 Å². The largest absolute Gasteiger partial charge is 0.378 e. The van der Waals surface area contributed by atoms with Gasteiger partial charge in [0, 0.05) is 24.7 Å². The van der Waals surface area contributed by atoms with Crippen molar-refractivity contribution in [3.05, 3.63) is 62.1 Å². The lowest BCUT2D eigenvalue weighted by Crippen LogP contribution is -2.36. The third kappa shape index (κ3) is 3.90. The molecule has 1 saturated heterocycles. The Hall–Kier alpha value is -2.35. The van der Waals surface area contributed by atoms with E-state index in [2.05, 4.69) is 5.32 Å². The molecule has 2 aromatic rings. The van der Waals surface area contributed by atoms with Crippen molar-refractivity contribution in [1.82, 2.24) is 0 Å². The number of carbonyl (C=O) groups is 1. The highest BCUT2D eigenvalue weighted by atomic mass is 35.5. The maximum Gasteiger partial charge on any atom is 0.293 e. The van der Waals surface area contributed by atoms with Gasteiger partial charge in [-0.25, -0.2) is 0 Å². The first-order valence-corrected chi connectivity index (χ1v) is 8.59. The Balaban J connectivity index is 1.88. The van der Waals surface area contributed by atoms with E-state index in [1.165, 1.54) is 6.07 Å². The van der Waals surface area contributed by atoms with E-state index in [4.69, 9.17) is 27.9 Å². The lowest BCUT2D eigenvalue weighted by atomic mass is 10.1. The van der Waals surface area contributed by atoms with E-state index in [-0.39, 0.29) is 16.3 Å². The molecule has 7 nitrogen and oxygen atoms in total. The number of anilines is 2. The average Bonchev–Trinajstić information content (AvgIpc) is 2.65. The Labute approximate surface area is 159 Å². The van der Waals surface area contributed by atoms with Crippen molar-refractivity contribution in [1.29, 1.82) is 0 Å². The van der Waals surface area contributed by atoms with E-state index in [0.717, 1.165) is 0 Å². The predicted molar refractivity (Wildman–Crippen MR) is 101 cm³/mol. The Morgan fingerprint density at radius 2 is 1.92 bits per heavy atom. The van der Waals surface area contributed by atoms with Crippen LogP contribution in [0.5, 0.6) is 0 Å². The molecule has 0 spiro atoms. The normalized spacial score (nSPS) is 14.2. The summed E-state index contributed by atoms with van der Waals surface area (Å²) < 4.78 is 5.27. The molecule has 0 radical (unpaired) electrons. The Kier molecular flexibility index (Phi) is 5.61. The topological polar surface area (TPSA) is 84.7 Å². The number of benzene rings is 2. The second-order valence-electron chi connectivity index (χ2n) is 5.62. The van der Waals surface area contributed by atoms with E-state index in [1.54, 1.807) is 30.3 Å². The highest BCUT2D eigenvalue weighted by molar-refractivity contribution is 6.44. The first-order valence-electron chi connectivity index (χ1n) is 7.84. The molecule has 9 heteroatoms. The van der Waals surface area contributed by atoms with Gasteiger partial charge in [0.15, 0.2) is 0 Å². The Morgan fingerprint density at radius 1 is 1.19 bits per heavy atom. The molecule has 26 heavy (non-hydrogen) atoms. The fourth-order valence-electron chi connectivity index (χ4n) is 2.68. The van der Waals surface area contributed by atoms with Crippen LogP contribution in [-0.4, -0.2) is 37.1 Å². The molecule has 1 heterocycles. The molecule has 0 bridgehead atoms. The summed E-state index contributed by atoms with van der Waals surface area (Å²) >= 11 is 12.0. The molecule has 0 aromatic heterocycles. The van der Waals surface area contributed by atoms with Gasteiger partial charge in [0.2, 0.25) is 0 Å². The van der Waals surface area contributed by atoms with Crippen molar-refractivity contribution >= 4 is 46.2 Å². The molecule has 0 unspecified atom stereocenters. The molecule has 1 amide bonds. The number of nitrogens with one attached hydrogen (secondary N) is 1. The van der Waals surface area contributed by atoms with Crippen LogP contribution in [0.4, 0.5) is 17.1 Å². The Morgan fingerprint density at radius 3 is 2.62 bits per heavy atom. The summed E-state index contributed by atoms with van der Waals surface area (Å²) in [5.41, 5.74) is 0.834. The van der Waals surface area contributed by atoms with Crippen LogP contribution >= 0.6 is 23.2 Å². The van der Waals surface area contributed by atoms with Crippen LogP contribution in [0.25, 0.3) is 0 Å². The molecule has 1 aliphatic heterocycles. The highest BCUT2D eigenvalue weighted by Crippen LogP contribution is 2.32. The van der Waals surface area contributed by atoms with Gasteiger partial charge in [-0.1, -0.05) is 29.3 Å². The van der Waals surface area contributed by atoms with Crippen LogP contribution in [0.15, 0.2) is 36.4 Å². The van der Waals surface area contributed by atoms with Crippen LogP contribution < -0.4 is 10.2 Å². The van der Waals surface area contributed by atoms with Gasteiger partial charge < -0.3 is 15.0 Å². The first kappa shape index (κ1) is 18.4. The Bertz CT molecular complexity index is 854. The number of nitro benzene ring substituents is 1. The summed E-state index contributed by atoms with van der Waals surface area (Å²) in [6, 6.07) is 9.24. The maximum absolute atomic E-state index is 12.5. The number of halogens is 2. The van der Waals surface area contributed by atoms with Gasteiger partial charge in [0.25, 0.3) is 11.6 Å². The number of nitrogens with zero attached hydrogens (tertiary/aromatic N) is 2. The zero-order valence-electron chi connectivity index (χ0n) is 13.6. The molecule has 0 aliphatic carbocycles. The summed E-state index contributed by atoms with van der Waals surface area (Å²) in [5.74, 6) is -0.509. The lowest BCUT2D eigenvalue weighted by molar-refractivity contribution is -0.384. The van der Waals surface area contributed by atoms with Gasteiger partial charge in [0.05, 0.1) is 33.9 Å². The number of nitro groups is 1. The lowest BCUT2D eigenvalue weighted by Gasteiger charge is -2.28. The molecule has 0 saturated carbocycles. The third-order valence-electron chi connectivity index (χ3n) is 3.99. The molecule has 1 aliphatic rings. The van der Waals surface area contributed by atoms with Gasteiger partial charge in [-0.15, -0.1) is 0 Å². The second-order valence-corrected chi connectivity index (χ2v) is 6.40. The van der Waals surface area contributed by atoms with E-state index in [0.29, 0.717) is 42.7 Å². The van der Waals surface area contributed by atoms with Crippen LogP contribution in [0, 0.1) is 10.1 Å². The molecule has 3 rings (SSSR count). The summed E-state index contributed by atoms with van der Waals surface area (Å²) in [4.78, 5) is 25.3. The monoisotopic (exact) mass is 395 g/mol. The molecular formula is C17H15Cl2N3O4. The summed E-state index contributed by atoms with van der Waals surface area (Å²) in [6.45, 7) is 2.13. The minimum absolute atomic E-state index is 0.128. The first-order chi connectivity index (χ1) is 12.5. The smallest absolute Gasteiger partial charge is 0.293 e. The second kappa shape index (κ2) is 7.90. The van der Waals surface area contributed by atoms with Crippen LogP contribution in [0.2, 0.25) is 10.0 Å². The van der Waals surface area contributed by atoms with Gasteiger partial charge in [-0.2, -0.15) is 0 Å². The van der Waals surface area contributed by atoms with Crippen LogP contribution in [-0.2, 0) is 4.74 Å². The van der Waals surface area contributed by atoms with Crippen molar-refractivity contribution in [3.63, 3.8) is 0 Å². The molecule has 1 fully saturated rings. The van der Waals surface area contributed by atoms with E-state index in [1.807, 2.05) is 4.90 Å². The van der Waals surface area contributed by atoms with Crippen molar-refractivity contribution in [3.8, 4) is 0 Å². The van der Waals surface area contributed by atoms with Gasteiger partial charge in [0.1, 0.15) is 5.69 Å². The quantitative estimate of drug-likeness (QED) is 0.624. The van der Waals surface area contributed by atoms with Gasteiger partial charge in [-0.3, -0.25) is 14.9 Å². The SMILES string of the molecule is O=C(Nc1cccc(Cl)c1Cl)c1ccc(N2CCOCC2)c([N+](=O)[O-])c1. The number of ether oxygens (including phenoxy) is 1. The molecule has 136 valence electrons. The van der Waals surface area contributed by atoms with Crippen molar-refractivity contribution in [2.24, 2.45) is 0 Å². The average molecular weight is 396 g/mol. The molecule has 1 N–H and O–H groups in total. The zero-order valence-corrected chi connectivity index (χ0v) is 15.1. The van der Waals surface area contributed by atoms with Gasteiger partial charge in [-0.05, 0) is 24.3 Å². The van der Waals surface area contributed by atoms with Crippen molar-refractivity contribution < 1.29 is 14.5 Å². The molecule has 2 aromatic carbocycles. The van der Waals surface area contributed by atoms with E-state index < -0.39 is 10.8 Å². The predicted octanol–water partition coefficient (Wildman–Crippen LogP) is 3.99. The van der Waals surface area contributed by atoms with Crippen LogP contribution in [0.3, 0.4) is 0 Å². The standard InChI is InChI=1S/C17H15Cl2N3O4/c18-12-2-1-3-13(16(12)19)20-17(23)11-4-5-14(15(10-11)22(24)25)21-6-8-26-9-7-21/h1-5,10H,6-9H2,(H,20,23). The van der Waals surface area contributed by atoms with Crippen molar-refractivity contribution in [2.75, 3.05) is 36.5 Å². The minimum Gasteiger partial charge on any atom is -0.378 e. The maximum atomic E-state index is 12.5. The highest BCUT2D eigenvalue weighted by Gasteiger charge is 2.23. The number of hydrogen-bond acceptors (Lipinski definition) is 5. The van der Waals surface area contributed by atoms with Gasteiger partial charge >= 0.3 is 0 Å². The summed E-state index contributed by atoms with van der Waals surface area (Å²) in [7, 11) is 0. The van der Waals surface area contributed by atoms with Crippen LogP contribution in [0.1, 0.15) is 10.4 Å². The number of amides is 1. The minimum atomic E-state index is -0.509. The summed E-state index contributed by atoms with van der Waals surface area (Å²) in [5, 5.41) is 14.6. The van der Waals surface area contributed by atoms with Crippen molar-refractivity contribution in [2.45, 2.75) is 0 Å². The number of carbonyl (C=O) groups excluding carboxylic acids is 1. The summed E-state index contributed by atoms with van der Waals surface area (Å²) in [6.07, 6.45) is 0. The molecule has 0 atom stereocenters. The fourth-order valence-corrected chi connectivity index (χ4v) is 3.03. The van der Waals surface area contributed by atoms with E-state index >= 15 is 0 Å². The number of morpholine rings is 1. The fraction of sp³-hybridized carbons (Fsp3) is 0.235. The third-order valence-corrected chi connectivity index (χ3v) is 4.80. The number of rotatable bonds is 4. The number of hydrogen-bond donors (Lipinski definition) is 1. The molecular weight excluding hydrogens is 381 g/mol. The zero-order chi connectivity index (χ0) is 18.7.